The number of nitrogens with zero attached hydrogens (tertiary/aromatic N) is 2. The zero-order valence-electron chi connectivity index (χ0n) is 14.0. The van der Waals surface area contributed by atoms with Crippen molar-refractivity contribution in [2.45, 2.75) is 0 Å². The van der Waals surface area contributed by atoms with Crippen LogP contribution in [0.3, 0.4) is 0 Å². The smallest absolute Gasteiger partial charge is 0.0901 e. The summed E-state index contributed by atoms with van der Waals surface area (Å²) in [7, 11) is 0. The third kappa shape index (κ3) is 1.99. The van der Waals surface area contributed by atoms with Gasteiger partial charge in [0, 0.05) is 0 Å². The largest absolute Gasteiger partial charge is 0.244 e. The van der Waals surface area contributed by atoms with Crippen molar-refractivity contribution in [3.63, 3.8) is 0 Å². The molecule has 0 saturated carbocycles. The number of hydrogen-bond acceptors (Lipinski definition) is 2. The Bertz CT molecular complexity index is 1260. The zero-order valence-corrected chi connectivity index (χ0v) is 14.0. The predicted octanol–water partition coefficient (Wildman–Crippen LogP) is 6.24. The van der Waals surface area contributed by atoms with Crippen molar-refractivity contribution in [1.29, 1.82) is 0 Å². The molecule has 0 aliphatic carbocycles. The SMILES string of the molecule is c1ccc2cc3cc4nc5cc6ccccc6cc5nc4cc3cc2c1. The van der Waals surface area contributed by atoms with Crippen molar-refractivity contribution < 1.29 is 0 Å². The molecule has 0 aliphatic rings. The number of fused-ring (bicyclic) bond motifs is 5. The van der Waals surface area contributed by atoms with Gasteiger partial charge in [-0.05, 0) is 68.7 Å². The van der Waals surface area contributed by atoms with Gasteiger partial charge in [0.2, 0.25) is 0 Å². The number of benzene rings is 5. The molecule has 2 heteroatoms. The molecule has 0 atom stereocenters. The fourth-order valence-electron chi connectivity index (χ4n) is 3.80. The van der Waals surface area contributed by atoms with E-state index in [4.69, 9.17) is 9.97 Å². The van der Waals surface area contributed by atoms with E-state index in [0.717, 1.165) is 22.1 Å². The molecule has 0 N–H and O–H groups in total. The van der Waals surface area contributed by atoms with Crippen molar-refractivity contribution in [3.05, 3.63) is 84.9 Å². The van der Waals surface area contributed by atoms with E-state index < -0.39 is 0 Å². The molecule has 0 amide bonds. The summed E-state index contributed by atoms with van der Waals surface area (Å²) in [5, 5.41) is 7.29. The quantitative estimate of drug-likeness (QED) is 0.308. The number of aromatic nitrogens is 2. The minimum Gasteiger partial charge on any atom is -0.244 e. The standard InChI is InChI=1S/C24H14N2/c1-2-6-16-10-20-14-24-23(13-19(20)9-15(16)5-1)25-21-11-17-7-3-4-8-18(17)12-22(21)26-24/h1-14H. The lowest BCUT2D eigenvalue weighted by Crippen LogP contribution is -1.89. The molecule has 0 spiro atoms. The first-order valence-corrected chi connectivity index (χ1v) is 8.76. The molecule has 0 bridgehead atoms. The highest BCUT2D eigenvalue weighted by atomic mass is 14.8. The van der Waals surface area contributed by atoms with E-state index in [1.807, 2.05) is 0 Å². The van der Waals surface area contributed by atoms with Crippen LogP contribution in [0, 0.1) is 0 Å². The van der Waals surface area contributed by atoms with Gasteiger partial charge in [-0.25, -0.2) is 9.97 Å². The van der Waals surface area contributed by atoms with Crippen molar-refractivity contribution in [1.82, 2.24) is 9.97 Å². The Morgan fingerprint density at radius 2 is 0.654 bits per heavy atom. The molecule has 0 unspecified atom stereocenters. The summed E-state index contributed by atoms with van der Waals surface area (Å²) in [5.41, 5.74) is 3.76. The Morgan fingerprint density at radius 3 is 1.04 bits per heavy atom. The Morgan fingerprint density at radius 1 is 0.346 bits per heavy atom. The Hall–Kier alpha value is -3.52. The average molecular weight is 330 g/mol. The lowest BCUT2D eigenvalue weighted by atomic mass is 10.0. The Balaban J connectivity index is 1.72. The molecular formula is C24H14N2. The van der Waals surface area contributed by atoms with Crippen molar-refractivity contribution in [2.75, 3.05) is 0 Å². The molecule has 0 fully saturated rings. The lowest BCUT2D eigenvalue weighted by Gasteiger charge is -2.07. The van der Waals surface area contributed by atoms with Crippen LogP contribution in [0.5, 0.6) is 0 Å². The summed E-state index contributed by atoms with van der Waals surface area (Å²) in [6.07, 6.45) is 0. The molecule has 0 saturated heterocycles. The summed E-state index contributed by atoms with van der Waals surface area (Å²) in [6.45, 7) is 0. The van der Waals surface area contributed by atoms with E-state index in [-0.39, 0.29) is 0 Å². The number of rotatable bonds is 0. The molecule has 1 heterocycles. The maximum Gasteiger partial charge on any atom is 0.0901 e. The molecule has 6 aromatic rings. The third-order valence-corrected chi connectivity index (χ3v) is 5.12. The van der Waals surface area contributed by atoms with Gasteiger partial charge in [0.1, 0.15) is 0 Å². The van der Waals surface area contributed by atoms with Gasteiger partial charge < -0.3 is 0 Å². The van der Waals surface area contributed by atoms with Crippen molar-refractivity contribution in [3.8, 4) is 0 Å². The van der Waals surface area contributed by atoms with Gasteiger partial charge in [0.05, 0.1) is 22.1 Å². The monoisotopic (exact) mass is 330 g/mol. The molecule has 0 aliphatic heterocycles. The van der Waals surface area contributed by atoms with Gasteiger partial charge >= 0.3 is 0 Å². The molecule has 0 radical (unpaired) electrons. The summed E-state index contributed by atoms with van der Waals surface area (Å²) < 4.78 is 0. The van der Waals surface area contributed by atoms with Crippen LogP contribution >= 0.6 is 0 Å². The van der Waals surface area contributed by atoms with Crippen LogP contribution in [0.25, 0.3) is 54.4 Å². The van der Waals surface area contributed by atoms with Crippen LogP contribution in [0.4, 0.5) is 0 Å². The van der Waals surface area contributed by atoms with Crippen LogP contribution in [-0.4, -0.2) is 9.97 Å². The van der Waals surface area contributed by atoms with Gasteiger partial charge in [-0.2, -0.15) is 0 Å². The van der Waals surface area contributed by atoms with Crippen molar-refractivity contribution in [2.24, 2.45) is 0 Å². The van der Waals surface area contributed by atoms with Crippen LogP contribution in [0.1, 0.15) is 0 Å². The van der Waals surface area contributed by atoms with Gasteiger partial charge in [-0.3, -0.25) is 0 Å². The second-order valence-corrected chi connectivity index (χ2v) is 6.80. The Labute approximate surface area is 149 Å². The highest BCUT2D eigenvalue weighted by molar-refractivity contribution is 6.05. The van der Waals surface area contributed by atoms with Gasteiger partial charge in [-0.1, -0.05) is 48.5 Å². The van der Waals surface area contributed by atoms with Gasteiger partial charge in [-0.15, -0.1) is 0 Å². The molecular weight excluding hydrogens is 316 g/mol. The topological polar surface area (TPSA) is 25.8 Å². The minimum absolute atomic E-state index is 0.940. The summed E-state index contributed by atoms with van der Waals surface area (Å²) >= 11 is 0. The van der Waals surface area contributed by atoms with Crippen LogP contribution in [0.2, 0.25) is 0 Å². The summed E-state index contributed by atoms with van der Waals surface area (Å²) in [4.78, 5) is 9.79. The molecule has 5 aromatic carbocycles. The summed E-state index contributed by atoms with van der Waals surface area (Å²) in [5.74, 6) is 0. The first-order chi connectivity index (χ1) is 12.8. The highest BCUT2D eigenvalue weighted by Gasteiger charge is 2.06. The first kappa shape index (κ1) is 13.7. The first-order valence-electron chi connectivity index (χ1n) is 8.76. The van der Waals surface area contributed by atoms with E-state index in [0.29, 0.717) is 0 Å². The maximum absolute atomic E-state index is 4.90. The Kier molecular flexibility index (Phi) is 2.64. The highest BCUT2D eigenvalue weighted by Crippen LogP contribution is 2.28. The van der Waals surface area contributed by atoms with Crippen LogP contribution < -0.4 is 0 Å². The molecule has 6 rings (SSSR count). The molecule has 2 nitrogen and oxygen atoms in total. The summed E-state index contributed by atoms with van der Waals surface area (Å²) in [6, 6.07) is 29.8. The van der Waals surface area contributed by atoms with Gasteiger partial charge in [0.25, 0.3) is 0 Å². The zero-order chi connectivity index (χ0) is 17.1. The predicted molar refractivity (Wildman–Crippen MR) is 110 cm³/mol. The molecule has 1 aromatic heterocycles. The average Bonchev–Trinajstić information content (AvgIpc) is 2.67. The van der Waals surface area contributed by atoms with E-state index in [1.165, 1.54) is 32.3 Å². The second kappa shape index (κ2) is 4.99. The van der Waals surface area contributed by atoms with E-state index in [1.54, 1.807) is 0 Å². The third-order valence-electron chi connectivity index (χ3n) is 5.12. The van der Waals surface area contributed by atoms with Crippen molar-refractivity contribution >= 4 is 54.4 Å². The van der Waals surface area contributed by atoms with Gasteiger partial charge in [0.15, 0.2) is 0 Å². The normalized spacial score (nSPS) is 11.8. The number of hydrogen-bond donors (Lipinski definition) is 0. The van der Waals surface area contributed by atoms with Crippen LogP contribution in [0.15, 0.2) is 84.9 Å². The fourth-order valence-corrected chi connectivity index (χ4v) is 3.80. The molecule has 120 valence electrons. The second-order valence-electron chi connectivity index (χ2n) is 6.80. The maximum atomic E-state index is 4.90. The van der Waals surface area contributed by atoms with Crippen LogP contribution in [-0.2, 0) is 0 Å². The fraction of sp³-hybridized carbons (Fsp3) is 0. The van der Waals surface area contributed by atoms with E-state index >= 15 is 0 Å². The minimum atomic E-state index is 0.940. The van der Waals surface area contributed by atoms with E-state index in [2.05, 4.69) is 84.9 Å². The lowest BCUT2D eigenvalue weighted by molar-refractivity contribution is 1.41. The van der Waals surface area contributed by atoms with E-state index in [9.17, 15) is 0 Å². The molecule has 26 heavy (non-hydrogen) atoms.